The predicted octanol–water partition coefficient (Wildman–Crippen LogP) is 3.53. The van der Waals surface area contributed by atoms with Crippen LogP contribution >= 0.6 is 0 Å². The zero-order valence-corrected chi connectivity index (χ0v) is 16.9. The number of fused-ring (bicyclic) bond motifs is 1. The Morgan fingerprint density at radius 3 is 2.69 bits per heavy atom. The molecule has 2 heterocycles. The molecule has 0 atom stereocenters. The van der Waals surface area contributed by atoms with Crippen molar-refractivity contribution in [2.24, 2.45) is 0 Å². The number of aromatic nitrogens is 2. The average molecular weight is 397 g/mol. The molecule has 1 aromatic heterocycles. The number of rotatable bonds is 4. The first-order valence-corrected chi connectivity index (χ1v) is 10.3. The first-order chi connectivity index (χ1) is 13.9. The van der Waals surface area contributed by atoms with Crippen LogP contribution < -0.4 is 4.74 Å². The minimum absolute atomic E-state index is 0.00114. The SMILES string of the molecule is CC(C)c1cc(C(=O)N2CCc3nc(OC4CCCC4)ncc3C2)c(O)cc1O. The van der Waals surface area contributed by atoms with Gasteiger partial charge in [0.05, 0.1) is 11.3 Å². The van der Waals surface area contributed by atoms with Crippen LogP contribution in [-0.2, 0) is 13.0 Å². The standard InChI is InChI=1S/C22H27N3O4/c1-13(2)16-9-17(20(27)10-19(16)26)21(28)25-8-7-18-14(12-25)11-23-22(24-18)29-15-5-3-4-6-15/h9-11,13,15,26-27H,3-8,12H2,1-2H3. The molecule has 0 bridgehead atoms. The first-order valence-electron chi connectivity index (χ1n) is 10.3. The number of amides is 1. The highest BCUT2D eigenvalue weighted by molar-refractivity contribution is 5.97. The Bertz CT molecular complexity index is 923. The lowest BCUT2D eigenvalue weighted by molar-refractivity contribution is 0.0729. The molecule has 0 unspecified atom stereocenters. The maximum Gasteiger partial charge on any atom is 0.316 e. The molecule has 2 N–H and O–H groups in total. The van der Waals surface area contributed by atoms with Crippen LogP contribution in [0.2, 0.25) is 0 Å². The van der Waals surface area contributed by atoms with Crippen LogP contribution in [0.3, 0.4) is 0 Å². The molecular formula is C22H27N3O4. The van der Waals surface area contributed by atoms with Gasteiger partial charge in [0.2, 0.25) is 0 Å². The summed E-state index contributed by atoms with van der Waals surface area (Å²) in [5.74, 6) is -0.433. The molecule has 1 amide bonds. The van der Waals surface area contributed by atoms with Crippen molar-refractivity contribution in [3.05, 3.63) is 40.7 Å². The second kappa shape index (κ2) is 7.89. The molecule has 1 aliphatic heterocycles. The number of phenolic OH excluding ortho intramolecular Hbond substituents is 2. The maximum absolute atomic E-state index is 13.0. The van der Waals surface area contributed by atoms with Crippen molar-refractivity contribution in [2.45, 2.75) is 64.5 Å². The van der Waals surface area contributed by atoms with Crippen LogP contribution in [0.25, 0.3) is 0 Å². The quantitative estimate of drug-likeness (QED) is 0.819. The molecule has 2 aliphatic rings. The van der Waals surface area contributed by atoms with Crippen LogP contribution in [0.5, 0.6) is 17.5 Å². The summed E-state index contributed by atoms with van der Waals surface area (Å²) < 4.78 is 5.89. The van der Waals surface area contributed by atoms with E-state index in [9.17, 15) is 15.0 Å². The van der Waals surface area contributed by atoms with E-state index < -0.39 is 0 Å². The van der Waals surface area contributed by atoms with Gasteiger partial charge in [-0.3, -0.25) is 4.79 Å². The summed E-state index contributed by atoms with van der Waals surface area (Å²) in [6, 6.07) is 3.26. The number of aromatic hydroxyl groups is 2. The summed E-state index contributed by atoms with van der Waals surface area (Å²) in [5.41, 5.74) is 2.65. The van der Waals surface area contributed by atoms with E-state index in [1.54, 1.807) is 17.2 Å². The molecule has 7 nitrogen and oxygen atoms in total. The van der Waals surface area contributed by atoms with E-state index in [-0.39, 0.29) is 35.0 Å². The zero-order chi connectivity index (χ0) is 20.5. The summed E-state index contributed by atoms with van der Waals surface area (Å²) in [7, 11) is 0. The van der Waals surface area contributed by atoms with Gasteiger partial charge in [-0.2, -0.15) is 4.98 Å². The number of nitrogens with zero attached hydrogens (tertiary/aromatic N) is 3. The van der Waals surface area contributed by atoms with E-state index in [0.29, 0.717) is 31.1 Å². The van der Waals surface area contributed by atoms with Gasteiger partial charge in [0.25, 0.3) is 5.91 Å². The lowest BCUT2D eigenvalue weighted by Gasteiger charge is -2.29. The molecule has 1 fully saturated rings. The van der Waals surface area contributed by atoms with Gasteiger partial charge >= 0.3 is 6.01 Å². The Hall–Kier alpha value is -2.83. The van der Waals surface area contributed by atoms with Gasteiger partial charge in [0, 0.05) is 37.3 Å². The van der Waals surface area contributed by atoms with Crippen molar-refractivity contribution in [2.75, 3.05) is 6.54 Å². The highest BCUT2D eigenvalue weighted by Gasteiger charge is 2.27. The Kier molecular flexibility index (Phi) is 5.30. The largest absolute Gasteiger partial charge is 0.508 e. The minimum atomic E-state index is -0.263. The monoisotopic (exact) mass is 397 g/mol. The lowest BCUT2D eigenvalue weighted by Crippen LogP contribution is -2.36. The number of carbonyl (C=O) groups is 1. The van der Waals surface area contributed by atoms with Gasteiger partial charge in [-0.1, -0.05) is 13.8 Å². The van der Waals surface area contributed by atoms with Crippen molar-refractivity contribution in [1.82, 2.24) is 14.9 Å². The fraction of sp³-hybridized carbons (Fsp3) is 0.500. The molecule has 7 heteroatoms. The fourth-order valence-corrected chi connectivity index (χ4v) is 4.08. The summed E-state index contributed by atoms with van der Waals surface area (Å²) in [6.45, 7) is 4.75. The van der Waals surface area contributed by atoms with Crippen LogP contribution in [0.15, 0.2) is 18.3 Å². The van der Waals surface area contributed by atoms with E-state index in [2.05, 4.69) is 9.97 Å². The van der Waals surface area contributed by atoms with E-state index >= 15 is 0 Å². The molecule has 1 aliphatic carbocycles. The number of phenols is 2. The number of hydrogen-bond acceptors (Lipinski definition) is 6. The molecule has 29 heavy (non-hydrogen) atoms. The lowest BCUT2D eigenvalue weighted by atomic mass is 9.97. The summed E-state index contributed by atoms with van der Waals surface area (Å²) in [6.07, 6.45) is 7.05. The third-order valence-electron chi connectivity index (χ3n) is 5.77. The van der Waals surface area contributed by atoms with Gasteiger partial charge in [0.1, 0.15) is 17.6 Å². The van der Waals surface area contributed by atoms with Gasteiger partial charge in [-0.25, -0.2) is 4.98 Å². The summed E-state index contributed by atoms with van der Waals surface area (Å²) in [5, 5.41) is 20.2. The highest BCUT2D eigenvalue weighted by atomic mass is 16.5. The topological polar surface area (TPSA) is 95.8 Å². The summed E-state index contributed by atoms with van der Waals surface area (Å²) in [4.78, 5) is 23.6. The zero-order valence-electron chi connectivity index (χ0n) is 16.9. The van der Waals surface area contributed by atoms with Crippen molar-refractivity contribution in [1.29, 1.82) is 0 Å². The van der Waals surface area contributed by atoms with Crippen LogP contribution in [-0.4, -0.2) is 43.6 Å². The Morgan fingerprint density at radius 2 is 1.97 bits per heavy atom. The third kappa shape index (κ3) is 3.99. The molecule has 0 spiro atoms. The Morgan fingerprint density at radius 1 is 1.21 bits per heavy atom. The number of benzene rings is 1. The van der Waals surface area contributed by atoms with Crippen LogP contribution in [0.1, 0.15) is 72.6 Å². The number of hydrogen-bond donors (Lipinski definition) is 2. The van der Waals surface area contributed by atoms with Gasteiger partial charge in [-0.05, 0) is 43.2 Å². The smallest absolute Gasteiger partial charge is 0.316 e. The fourth-order valence-electron chi connectivity index (χ4n) is 4.08. The Labute approximate surface area is 170 Å². The molecule has 154 valence electrons. The van der Waals surface area contributed by atoms with Gasteiger partial charge in [-0.15, -0.1) is 0 Å². The van der Waals surface area contributed by atoms with Gasteiger partial charge in [0.15, 0.2) is 0 Å². The molecule has 0 radical (unpaired) electrons. The molecule has 4 rings (SSSR count). The number of ether oxygens (including phenoxy) is 1. The third-order valence-corrected chi connectivity index (χ3v) is 5.77. The minimum Gasteiger partial charge on any atom is -0.508 e. The second-order valence-electron chi connectivity index (χ2n) is 8.21. The van der Waals surface area contributed by atoms with E-state index in [4.69, 9.17) is 4.74 Å². The molecule has 1 saturated carbocycles. The predicted molar refractivity (Wildman–Crippen MR) is 107 cm³/mol. The molecule has 2 aromatic rings. The van der Waals surface area contributed by atoms with Crippen LogP contribution in [0.4, 0.5) is 0 Å². The van der Waals surface area contributed by atoms with Crippen molar-refractivity contribution < 1.29 is 19.7 Å². The number of carbonyl (C=O) groups excluding carboxylic acids is 1. The van der Waals surface area contributed by atoms with Crippen molar-refractivity contribution >= 4 is 5.91 Å². The van der Waals surface area contributed by atoms with Gasteiger partial charge < -0.3 is 19.8 Å². The van der Waals surface area contributed by atoms with E-state index in [1.807, 2.05) is 13.8 Å². The molecule has 1 aromatic carbocycles. The highest BCUT2D eigenvalue weighted by Crippen LogP contribution is 2.33. The van der Waals surface area contributed by atoms with Crippen molar-refractivity contribution in [3.63, 3.8) is 0 Å². The average Bonchev–Trinajstić information content (AvgIpc) is 3.20. The maximum atomic E-state index is 13.0. The molecule has 0 saturated heterocycles. The summed E-state index contributed by atoms with van der Waals surface area (Å²) >= 11 is 0. The second-order valence-corrected chi connectivity index (χ2v) is 8.21. The van der Waals surface area contributed by atoms with E-state index in [0.717, 1.165) is 24.1 Å². The first kappa shape index (κ1) is 19.5. The van der Waals surface area contributed by atoms with Crippen molar-refractivity contribution in [3.8, 4) is 17.5 Å². The van der Waals surface area contributed by atoms with Crippen LogP contribution in [0, 0.1) is 0 Å². The normalized spacial score (nSPS) is 16.9. The molecular weight excluding hydrogens is 370 g/mol. The Balaban J connectivity index is 1.51. The van der Waals surface area contributed by atoms with E-state index in [1.165, 1.54) is 18.9 Å².